The molecule has 2 heterocycles. The molecule has 0 unspecified atom stereocenters. The molecular formula is C23H28FN3O2. The van der Waals surface area contributed by atoms with E-state index in [9.17, 15) is 9.18 Å². The van der Waals surface area contributed by atoms with Gasteiger partial charge in [-0.15, -0.1) is 0 Å². The molecule has 0 saturated carbocycles. The van der Waals surface area contributed by atoms with Crippen molar-refractivity contribution in [2.24, 2.45) is 5.41 Å². The van der Waals surface area contributed by atoms with Gasteiger partial charge in [0, 0.05) is 42.5 Å². The van der Waals surface area contributed by atoms with E-state index in [0.29, 0.717) is 17.1 Å². The van der Waals surface area contributed by atoms with Gasteiger partial charge >= 0.3 is 0 Å². The van der Waals surface area contributed by atoms with Crippen molar-refractivity contribution < 1.29 is 13.9 Å². The summed E-state index contributed by atoms with van der Waals surface area (Å²) in [6, 6.07) is 14.3. The van der Waals surface area contributed by atoms with Crippen LogP contribution in [-0.2, 0) is 4.74 Å². The number of hydrogen-bond acceptors (Lipinski definition) is 4. The summed E-state index contributed by atoms with van der Waals surface area (Å²) in [5.41, 5.74) is 2.16. The van der Waals surface area contributed by atoms with Gasteiger partial charge in [-0.1, -0.05) is 19.1 Å². The number of benzene rings is 2. The maximum absolute atomic E-state index is 13.7. The van der Waals surface area contributed by atoms with Crippen LogP contribution in [0.3, 0.4) is 0 Å². The topological polar surface area (TPSA) is 53.6 Å². The minimum atomic E-state index is -0.517. The highest BCUT2D eigenvalue weighted by Gasteiger charge is 2.34. The first kappa shape index (κ1) is 19.9. The summed E-state index contributed by atoms with van der Waals surface area (Å²) in [5.74, 6) is -0.953. The molecule has 154 valence electrons. The zero-order chi connectivity index (χ0) is 20.3. The Morgan fingerprint density at radius 2 is 1.83 bits per heavy atom. The Bertz CT molecular complexity index is 843. The van der Waals surface area contributed by atoms with E-state index < -0.39 is 11.7 Å². The maximum atomic E-state index is 13.7. The molecule has 0 aliphatic carbocycles. The fourth-order valence-electron chi connectivity index (χ4n) is 3.88. The molecule has 0 atom stereocenters. The van der Waals surface area contributed by atoms with Crippen LogP contribution >= 0.6 is 0 Å². The summed E-state index contributed by atoms with van der Waals surface area (Å²) in [5, 5.41) is 6.46. The molecule has 2 fully saturated rings. The Morgan fingerprint density at radius 1 is 1.14 bits per heavy atom. The molecule has 0 radical (unpaired) electrons. The van der Waals surface area contributed by atoms with Crippen LogP contribution in [0.2, 0.25) is 0 Å². The second-order valence-corrected chi connectivity index (χ2v) is 8.43. The normalized spacial score (nSPS) is 18.9. The van der Waals surface area contributed by atoms with Crippen molar-refractivity contribution in [1.29, 1.82) is 0 Å². The molecule has 0 spiro atoms. The van der Waals surface area contributed by atoms with Gasteiger partial charge in [-0.05, 0) is 49.2 Å². The molecule has 5 nitrogen and oxygen atoms in total. The van der Waals surface area contributed by atoms with Gasteiger partial charge in [0.15, 0.2) is 0 Å². The molecule has 2 aromatic carbocycles. The average molecular weight is 397 g/mol. The SMILES string of the molecule is CC1(CNC2CCN(c3ccc(NC(=O)c4ccccc4F)cc3)CC2)COC1. The van der Waals surface area contributed by atoms with Gasteiger partial charge in [0.05, 0.1) is 18.8 Å². The standard InChI is InChI=1S/C23H28FN3O2/c1-23(15-29-16-23)14-25-17-10-12-27(13-11-17)19-8-6-18(7-9-19)26-22(28)20-4-2-3-5-21(20)24/h2-9,17,25H,10-16H2,1H3,(H,26,28). The van der Waals surface area contributed by atoms with Crippen LogP contribution in [0.1, 0.15) is 30.1 Å². The smallest absolute Gasteiger partial charge is 0.258 e. The molecular weight excluding hydrogens is 369 g/mol. The number of halogens is 1. The molecule has 2 aliphatic rings. The predicted molar refractivity (Wildman–Crippen MR) is 113 cm³/mol. The summed E-state index contributed by atoms with van der Waals surface area (Å²) in [6.45, 7) is 7.02. The van der Waals surface area contributed by atoms with Crippen molar-refractivity contribution in [1.82, 2.24) is 5.32 Å². The molecule has 0 aromatic heterocycles. The number of hydrogen-bond donors (Lipinski definition) is 2. The summed E-state index contributed by atoms with van der Waals surface area (Å²) in [7, 11) is 0. The monoisotopic (exact) mass is 397 g/mol. The van der Waals surface area contributed by atoms with Gasteiger partial charge < -0.3 is 20.3 Å². The first-order valence-electron chi connectivity index (χ1n) is 10.2. The summed E-state index contributed by atoms with van der Waals surface area (Å²) >= 11 is 0. The number of rotatable bonds is 6. The van der Waals surface area contributed by atoms with Gasteiger partial charge in [-0.3, -0.25) is 4.79 Å². The molecule has 0 bridgehead atoms. The fraction of sp³-hybridized carbons (Fsp3) is 0.435. The number of nitrogens with one attached hydrogen (secondary N) is 2. The quantitative estimate of drug-likeness (QED) is 0.781. The van der Waals surface area contributed by atoms with Gasteiger partial charge in [-0.2, -0.15) is 0 Å². The summed E-state index contributed by atoms with van der Waals surface area (Å²) in [4.78, 5) is 14.6. The van der Waals surface area contributed by atoms with Gasteiger partial charge in [0.2, 0.25) is 0 Å². The van der Waals surface area contributed by atoms with Crippen molar-refractivity contribution in [3.63, 3.8) is 0 Å². The van der Waals surface area contributed by atoms with Crippen molar-refractivity contribution in [3.05, 3.63) is 59.9 Å². The van der Waals surface area contributed by atoms with E-state index in [4.69, 9.17) is 4.74 Å². The first-order chi connectivity index (χ1) is 14.0. The highest BCUT2D eigenvalue weighted by molar-refractivity contribution is 6.04. The Hall–Kier alpha value is -2.44. The largest absolute Gasteiger partial charge is 0.380 e. The van der Waals surface area contributed by atoms with Gasteiger partial charge in [0.25, 0.3) is 5.91 Å². The van der Waals surface area contributed by atoms with E-state index in [1.54, 1.807) is 12.1 Å². The Labute approximate surface area is 171 Å². The van der Waals surface area contributed by atoms with Crippen molar-refractivity contribution in [2.75, 3.05) is 43.1 Å². The van der Waals surface area contributed by atoms with Crippen molar-refractivity contribution in [3.8, 4) is 0 Å². The zero-order valence-corrected chi connectivity index (χ0v) is 16.8. The van der Waals surface area contributed by atoms with E-state index in [2.05, 4.69) is 22.5 Å². The van der Waals surface area contributed by atoms with E-state index >= 15 is 0 Å². The van der Waals surface area contributed by atoms with Crippen LogP contribution in [-0.4, -0.2) is 44.8 Å². The minimum Gasteiger partial charge on any atom is -0.380 e. The number of ether oxygens (including phenoxy) is 1. The van der Waals surface area contributed by atoms with Crippen molar-refractivity contribution in [2.45, 2.75) is 25.8 Å². The lowest BCUT2D eigenvalue weighted by Gasteiger charge is -2.41. The lowest BCUT2D eigenvalue weighted by molar-refractivity contribution is -0.100. The highest BCUT2D eigenvalue weighted by atomic mass is 19.1. The molecule has 2 aromatic rings. The predicted octanol–water partition coefficient (Wildman–Crippen LogP) is 3.67. The number of carbonyl (C=O) groups excluding carboxylic acids is 1. The highest BCUT2D eigenvalue weighted by Crippen LogP contribution is 2.27. The third-order valence-corrected chi connectivity index (χ3v) is 5.82. The van der Waals surface area contributed by atoms with E-state index in [1.165, 1.54) is 12.1 Å². The summed E-state index contributed by atoms with van der Waals surface area (Å²) < 4.78 is 19.1. The van der Waals surface area contributed by atoms with Crippen LogP contribution in [0.15, 0.2) is 48.5 Å². The van der Waals surface area contributed by atoms with Crippen LogP contribution in [0, 0.1) is 11.2 Å². The van der Waals surface area contributed by atoms with E-state index in [0.717, 1.165) is 51.4 Å². The lowest BCUT2D eigenvalue weighted by Crippen LogP contribution is -2.51. The van der Waals surface area contributed by atoms with Crippen molar-refractivity contribution >= 4 is 17.3 Å². The molecule has 1 amide bonds. The number of anilines is 2. The van der Waals surface area contributed by atoms with Crippen LogP contribution in [0.25, 0.3) is 0 Å². The molecule has 4 rings (SSSR count). The van der Waals surface area contributed by atoms with E-state index in [1.807, 2.05) is 24.3 Å². The van der Waals surface area contributed by atoms with Crippen LogP contribution < -0.4 is 15.5 Å². The van der Waals surface area contributed by atoms with Gasteiger partial charge in [0.1, 0.15) is 5.82 Å². The second-order valence-electron chi connectivity index (χ2n) is 8.43. The minimum absolute atomic E-state index is 0.0495. The lowest BCUT2D eigenvalue weighted by atomic mass is 9.88. The van der Waals surface area contributed by atoms with Crippen LogP contribution in [0.4, 0.5) is 15.8 Å². The Balaban J connectivity index is 1.27. The second kappa shape index (κ2) is 8.51. The molecule has 29 heavy (non-hydrogen) atoms. The molecule has 6 heteroatoms. The summed E-state index contributed by atoms with van der Waals surface area (Å²) in [6.07, 6.45) is 2.23. The van der Waals surface area contributed by atoms with E-state index in [-0.39, 0.29) is 5.56 Å². The Morgan fingerprint density at radius 3 is 2.45 bits per heavy atom. The van der Waals surface area contributed by atoms with Gasteiger partial charge in [-0.25, -0.2) is 4.39 Å². The number of amides is 1. The number of carbonyl (C=O) groups is 1. The Kier molecular flexibility index (Phi) is 5.83. The fourth-order valence-corrected chi connectivity index (χ4v) is 3.88. The zero-order valence-electron chi connectivity index (χ0n) is 16.8. The number of nitrogens with zero attached hydrogens (tertiary/aromatic N) is 1. The average Bonchev–Trinajstić information content (AvgIpc) is 2.72. The first-order valence-corrected chi connectivity index (χ1v) is 10.2. The maximum Gasteiger partial charge on any atom is 0.258 e. The van der Waals surface area contributed by atoms with Crippen LogP contribution in [0.5, 0.6) is 0 Å². The molecule has 2 N–H and O–H groups in total. The molecule has 2 aliphatic heterocycles. The third kappa shape index (κ3) is 4.77. The number of piperidine rings is 1. The molecule has 2 saturated heterocycles. The third-order valence-electron chi connectivity index (χ3n) is 5.82.